The molecule has 0 aliphatic rings. The lowest BCUT2D eigenvalue weighted by Crippen LogP contribution is -2.04. The molecule has 3 nitrogen and oxygen atoms in total. The van der Waals surface area contributed by atoms with E-state index in [1.54, 1.807) is 11.6 Å². The molecule has 64 valence electrons. The standard InChI is InChI=1S/C8H11N3S/c1-3-9-8-7(5-12)4-10-6(2)11-8/h4-5H,3H2,1-2H3,(H,9,10,11). The van der Waals surface area contributed by atoms with Gasteiger partial charge in [-0.3, -0.25) is 0 Å². The molecule has 0 saturated carbocycles. The van der Waals surface area contributed by atoms with Gasteiger partial charge in [-0.1, -0.05) is 12.2 Å². The molecule has 1 heterocycles. The minimum atomic E-state index is 0.756. The number of nitrogens with zero attached hydrogens (tertiary/aromatic N) is 2. The van der Waals surface area contributed by atoms with Crippen molar-refractivity contribution in [1.82, 2.24) is 9.97 Å². The molecule has 1 aromatic rings. The Hall–Kier alpha value is -1.03. The van der Waals surface area contributed by atoms with Gasteiger partial charge in [0.15, 0.2) is 0 Å². The predicted octanol–water partition coefficient (Wildman–Crippen LogP) is 1.56. The van der Waals surface area contributed by atoms with Gasteiger partial charge in [0.2, 0.25) is 0 Å². The molecule has 1 rings (SSSR count). The van der Waals surface area contributed by atoms with Crippen molar-refractivity contribution in [2.24, 2.45) is 0 Å². The van der Waals surface area contributed by atoms with Gasteiger partial charge in [0.05, 0.1) is 0 Å². The van der Waals surface area contributed by atoms with E-state index in [1.165, 1.54) is 0 Å². The summed E-state index contributed by atoms with van der Waals surface area (Å²) in [5, 5.41) is 4.70. The first-order chi connectivity index (χ1) is 5.77. The first-order valence-electron chi connectivity index (χ1n) is 3.80. The van der Waals surface area contributed by atoms with Crippen molar-refractivity contribution in [3.8, 4) is 0 Å². The van der Waals surface area contributed by atoms with Crippen LogP contribution in [0.3, 0.4) is 0 Å². The number of anilines is 1. The Morgan fingerprint density at radius 1 is 1.67 bits per heavy atom. The van der Waals surface area contributed by atoms with Crippen molar-refractivity contribution in [3.63, 3.8) is 0 Å². The van der Waals surface area contributed by atoms with Gasteiger partial charge < -0.3 is 5.32 Å². The zero-order chi connectivity index (χ0) is 8.97. The molecule has 0 bridgehead atoms. The quantitative estimate of drug-likeness (QED) is 0.718. The Labute approximate surface area is 77.2 Å². The number of hydrogen-bond donors (Lipinski definition) is 1. The van der Waals surface area contributed by atoms with E-state index in [2.05, 4.69) is 15.3 Å². The average Bonchev–Trinajstić information content (AvgIpc) is 2.05. The Bertz CT molecular complexity index is 286. The Morgan fingerprint density at radius 3 is 3.00 bits per heavy atom. The van der Waals surface area contributed by atoms with Crippen LogP contribution in [-0.2, 0) is 0 Å². The highest BCUT2D eigenvalue weighted by Crippen LogP contribution is 2.08. The molecule has 1 N–H and O–H groups in total. The zero-order valence-electron chi connectivity index (χ0n) is 7.16. The molecule has 0 fully saturated rings. The normalized spacial score (nSPS) is 9.50. The van der Waals surface area contributed by atoms with E-state index in [1.807, 2.05) is 13.8 Å². The fourth-order valence-electron chi connectivity index (χ4n) is 0.875. The van der Waals surface area contributed by atoms with Crippen molar-refractivity contribution in [3.05, 3.63) is 17.6 Å². The molecule has 12 heavy (non-hydrogen) atoms. The van der Waals surface area contributed by atoms with Gasteiger partial charge in [-0.05, 0) is 13.8 Å². The summed E-state index contributed by atoms with van der Waals surface area (Å²) in [4.78, 5) is 8.26. The maximum absolute atomic E-state index is 4.82. The molecule has 1 aromatic heterocycles. The monoisotopic (exact) mass is 181 g/mol. The van der Waals surface area contributed by atoms with Crippen LogP contribution in [0.15, 0.2) is 6.20 Å². The third kappa shape index (κ3) is 1.98. The second kappa shape index (κ2) is 4.11. The van der Waals surface area contributed by atoms with Crippen LogP contribution in [0.5, 0.6) is 0 Å². The van der Waals surface area contributed by atoms with Crippen molar-refractivity contribution in [1.29, 1.82) is 0 Å². The van der Waals surface area contributed by atoms with Crippen molar-refractivity contribution < 1.29 is 0 Å². The number of rotatable bonds is 3. The fraction of sp³-hybridized carbons (Fsp3) is 0.375. The van der Waals surface area contributed by atoms with Gasteiger partial charge in [-0.25, -0.2) is 9.97 Å². The fourth-order valence-corrected chi connectivity index (χ4v) is 1.05. The lowest BCUT2D eigenvalue weighted by Gasteiger charge is -2.05. The number of aromatic nitrogens is 2. The molecular weight excluding hydrogens is 170 g/mol. The molecule has 0 aliphatic heterocycles. The van der Waals surface area contributed by atoms with E-state index in [0.29, 0.717) is 0 Å². The lowest BCUT2D eigenvalue weighted by atomic mass is 10.3. The second-order valence-electron chi connectivity index (χ2n) is 2.37. The summed E-state index contributed by atoms with van der Waals surface area (Å²) in [5.74, 6) is 1.58. The Kier molecular flexibility index (Phi) is 3.10. The highest BCUT2D eigenvalue weighted by Gasteiger charge is 2.00. The summed E-state index contributed by atoms with van der Waals surface area (Å²) >= 11 is 4.82. The summed E-state index contributed by atoms with van der Waals surface area (Å²) in [5.41, 5.74) is 0.873. The van der Waals surface area contributed by atoms with Gasteiger partial charge in [0, 0.05) is 23.7 Å². The largest absolute Gasteiger partial charge is 0.370 e. The van der Waals surface area contributed by atoms with Crippen LogP contribution in [0.1, 0.15) is 18.3 Å². The minimum Gasteiger partial charge on any atom is -0.370 e. The van der Waals surface area contributed by atoms with E-state index in [-0.39, 0.29) is 0 Å². The van der Waals surface area contributed by atoms with E-state index >= 15 is 0 Å². The Balaban J connectivity index is 3.03. The highest BCUT2D eigenvalue weighted by molar-refractivity contribution is 7.79. The summed E-state index contributed by atoms with van der Waals surface area (Å²) in [6, 6.07) is 0. The van der Waals surface area contributed by atoms with E-state index in [9.17, 15) is 0 Å². The summed E-state index contributed by atoms with van der Waals surface area (Å²) in [6.07, 6.45) is 1.73. The molecule has 0 aromatic carbocycles. The smallest absolute Gasteiger partial charge is 0.137 e. The van der Waals surface area contributed by atoms with Crippen LogP contribution >= 0.6 is 12.2 Å². The van der Waals surface area contributed by atoms with Crippen LogP contribution in [-0.4, -0.2) is 21.9 Å². The molecule has 0 radical (unpaired) electrons. The molecule has 0 spiro atoms. The van der Waals surface area contributed by atoms with Crippen LogP contribution in [0.25, 0.3) is 0 Å². The highest BCUT2D eigenvalue weighted by atomic mass is 32.1. The summed E-state index contributed by atoms with van der Waals surface area (Å²) in [7, 11) is 0. The zero-order valence-corrected chi connectivity index (χ0v) is 7.98. The van der Waals surface area contributed by atoms with E-state index in [0.717, 1.165) is 23.8 Å². The topological polar surface area (TPSA) is 37.8 Å². The molecule has 0 amide bonds. The third-order valence-electron chi connectivity index (χ3n) is 1.41. The van der Waals surface area contributed by atoms with Crippen LogP contribution in [0, 0.1) is 6.92 Å². The molecule has 0 aliphatic carbocycles. The van der Waals surface area contributed by atoms with Crippen molar-refractivity contribution in [2.75, 3.05) is 11.9 Å². The number of nitrogens with one attached hydrogen (secondary N) is 1. The molecule has 0 unspecified atom stereocenters. The maximum Gasteiger partial charge on any atom is 0.137 e. The first kappa shape index (κ1) is 9.06. The maximum atomic E-state index is 4.82. The third-order valence-corrected chi connectivity index (χ3v) is 1.66. The number of hydrogen-bond acceptors (Lipinski definition) is 4. The number of aryl methyl sites for hydroxylation is 1. The van der Waals surface area contributed by atoms with Gasteiger partial charge in [-0.15, -0.1) is 0 Å². The van der Waals surface area contributed by atoms with Crippen molar-refractivity contribution in [2.45, 2.75) is 13.8 Å². The second-order valence-corrected chi connectivity index (χ2v) is 2.61. The average molecular weight is 181 g/mol. The van der Waals surface area contributed by atoms with Crippen molar-refractivity contribution >= 4 is 23.4 Å². The van der Waals surface area contributed by atoms with Crippen LogP contribution < -0.4 is 5.32 Å². The molecular formula is C8H11N3S. The van der Waals surface area contributed by atoms with Gasteiger partial charge >= 0.3 is 0 Å². The van der Waals surface area contributed by atoms with Crippen LogP contribution in [0.2, 0.25) is 0 Å². The van der Waals surface area contributed by atoms with Crippen LogP contribution in [0.4, 0.5) is 5.82 Å². The SMILES string of the molecule is CCNc1nc(C)ncc1C=S. The first-order valence-corrected chi connectivity index (χ1v) is 4.27. The van der Waals surface area contributed by atoms with Gasteiger partial charge in [0.1, 0.15) is 11.6 Å². The van der Waals surface area contributed by atoms with Gasteiger partial charge in [-0.2, -0.15) is 0 Å². The lowest BCUT2D eigenvalue weighted by molar-refractivity contribution is 1.03. The summed E-state index contributed by atoms with van der Waals surface area (Å²) < 4.78 is 0. The summed E-state index contributed by atoms with van der Waals surface area (Å²) in [6.45, 7) is 4.71. The van der Waals surface area contributed by atoms with E-state index in [4.69, 9.17) is 12.2 Å². The Morgan fingerprint density at radius 2 is 2.42 bits per heavy atom. The van der Waals surface area contributed by atoms with Gasteiger partial charge in [0.25, 0.3) is 0 Å². The minimum absolute atomic E-state index is 0.756. The number of thiocarbonyl (C=S) groups is 1. The molecule has 4 heteroatoms. The predicted molar refractivity (Wildman–Crippen MR) is 53.7 cm³/mol. The molecule has 0 atom stereocenters. The molecule has 0 saturated heterocycles. The van der Waals surface area contributed by atoms with E-state index < -0.39 is 0 Å².